The molecule has 3 nitrogen and oxygen atoms in total. The average Bonchev–Trinajstić information content (AvgIpc) is 2.32. The number of rotatable bonds is 3. The van der Waals surface area contributed by atoms with Crippen LogP contribution in [0.5, 0.6) is 0 Å². The van der Waals surface area contributed by atoms with Gasteiger partial charge in [-0.05, 0) is 58.4 Å². The molecule has 88 valence electrons. The molecule has 0 spiro atoms. The Hall–Kier alpha value is -0.910. The molecule has 0 aliphatic rings. The summed E-state index contributed by atoms with van der Waals surface area (Å²) in [5, 5.41) is 1.85. The highest BCUT2D eigenvalue weighted by Gasteiger charge is 2.06. The number of nitrogens with zero attached hydrogens (tertiary/aromatic N) is 2. The molecule has 0 bridgehead atoms. The number of pyridine rings is 2. The molecule has 0 aliphatic carbocycles. The molecule has 0 atom stereocenters. The zero-order chi connectivity index (χ0) is 12.3. The van der Waals surface area contributed by atoms with Crippen molar-refractivity contribution in [1.29, 1.82) is 0 Å². The van der Waals surface area contributed by atoms with E-state index in [0.717, 1.165) is 25.8 Å². The molecule has 0 unspecified atom stereocenters. The van der Waals surface area contributed by atoms with E-state index in [1.54, 1.807) is 6.20 Å². The van der Waals surface area contributed by atoms with Crippen LogP contribution < -0.4 is 5.73 Å². The zero-order valence-corrected chi connectivity index (χ0v) is 11.8. The van der Waals surface area contributed by atoms with Crippen LogP contribution in [-0.2, 0) is 6.54 Å². The lowest BCUT2D eigenvalue weighted by molar-refractivity contribution is 0.938. The predicted molar refractivity (Wildman–Crippen MR) is 72.9 cm³/mol. The molecule has 2 heterocycles. The third-order valence-corrected chi connectivity index (χ3v) is 3.67. The third kappa shape index (κ3) is 3.28. The van der Waals surface area contributed by atoms with Crippen LogP contribution in [0.25, 0.3) is 0 Å². The van der Waals surface area contributed by atoms with Crippen molar-refractivity contribution < 1.29 is 0 Å². The van der Waals surface area contributed by atoms with Gasteiger partial charge in [-0.2, -0.15) is 0 Å². The number of hydrogen-bond acceptors (Lipinski definition) is 4. The van der Waals surface area contributed by atoms with E-state index in [1.165, 1.54) is 11.8 Å². The van der Waals surface area contributed by atoms with Gasteiger partial charge < -0.3 is 5.73 Å². The highest BCUT2D eigenvalue weighted by Crippen LogP contribution is 2.28. The van der Waals surface area contributed by atoms with Crippen molar-refractivity contribution in [2.75, 3.05) is 0 Å². The first kappa shape index (κ1) is 12.5. The van der Waals surface area contributed by atoms with E-state index in [1.807, 2.05) is 31.2 Å². The number of aryl methyl sites for hydroxylation is 1. The molecule has 0 fully saturated rings. The van der Waals surface area contributed by atoms with Gasteiger partial charge in [0.2, 0.25) is 0 Å². The summed E-state index contributed by atoms with van der Waals surface area (Å²) in [5.41, 5.74) is 7.73. The Labute approximate surface area is 113 Å². The van der Waals surface area contributed by atoms with Crippen LogP contribution in [0.1, 0.15) is 11.3 Å². The van der Waals surface area contributed by atoms with Gasteiger partial charge in [-0.3, -0.25) is 0 Å². The summed E-state index contributed by atoms with van der Waals surface area (Å²) in [7, 11) is 0. The summed E-state index contributed by atoms with van der Waals surface area (Å²) in [6.45, 7) is 2.46. The monoisotopic (exact) mass is 309 g/mol. The second-order valence-corrected chi connectivity index (χ2v) is 5.46. The van der Waals surface area contributed by atoms with Crippen molar-refractivity contribution in [3.05, 3.63) is 46.2 Å². The smallest absolute Gasteiger partial charge is 0.107 e. The molecule has 17 heavy (non-hydrogen) atoms. The van der Waals surface area contributed by atoms with Gasteiger partial charge in [-0.1, -0.05) is 6.07 Å². The lowest BCUT2D eigenvalue weighted by Crippen LogP contribution is -2.01. The molecule has 0 saturated carbocycles. The molecule has 2 N–H and O–H groups in total. The molecule has 5 heteroatoms. The number of nitrogens with two attached hydrogens (primary N) is 1. The van der Waals surface area contributed by atoms with E-state index >= 15 is 0 Å². The minimum Gasteiger partial charge on any atom is -0.326 e. The molecule has 0 saturated heterocycles. The molecule has 2 aromatic rings. The standard InChI is InChI=1S/C12H12BrN3S/c1-8-2-3-9(6-14)12(16-8)17-11-5-4-10(13)7-15-11/h2-5,7H,6,14H2,1H3. The molecule has 0 aliphatic heterocycles. The first-order valence-corrected chi connectivity index (χ1v) is 6.76. The maximum Gasteiger partial charge on any atom is 0.107 e. The summed E-state index contributed by atoms with van der Waals surface area (Å²) in [4.78, 5) is 8.81. The van der Waals surface area contributed by atoms with Crippen LogP contribution >= 0.6 is 27.7 Å². The molecular weight excluding hydrogens is 298 g/mol. The normalized spacial score (nSPS) is 10.5. The van der Waals surface area contributed by atoms with Crippen molar-refractivity contribution >= 4 is 27.7 Å². The summed E-state index contributed by atoms with van der Waals surface area (Å²) in [6, 6.07) is 7.91. The van der Waals surface area contributed by atoms with Crippen molar-refractivity contribution in [3.8, 4) is 0 Å². The van der Waals surface area contributed by atoms with Crippen molar-refractivity contribution in [1.82, 2.24) is 9.97 Å². The minimum atomic E-state index is 0.492. The first-order valence-electron chi connectivity index (χ1n) is 5.15. The third-order valence-electron chi connectivity index (χ3n) is 2.20. The average molecular weight is 310 g/mol. The van der Waals surface area contributed by atoms with Gasteiger partial charge in [0.1, 0.15) is 10.1 Å². The van der Waals surface area contributed by atoms with Crippen LogP contribution in [0.4, 0.5) is 0 Å². The molecule has 2 rings (SSSR count). The first-order chi connectivity index (χ1) is 8.19. The van der Waals surface area contributed by atoms with Gasteiger partial charge in [0.25, 0.3) is 0 Å². The summed E-state index contributed by atoms with van der Waals surface area (Å²) >= 11 is 4.90. The Bertz CT molecular complexity index is 514. The second kappa shape index (κ2) is 5.62. The summed E-state index contributed by atoms with van der Waals surface area (Å²) in [5.74, 6) is 0. The topological polar surface area (TPSA) is 51.8 Å². The lowest BCUT2D eigenvalue weighted by Gasteiger charge is -2.06. The Morgan fingerprint density at radius 2 is 2.12 bits per heavy atom. The van der Waals surface area contributed by atoms with Gasteiger partial charge >= 0.3 is 0 Å². The van der Waals surface area contributed by atoms with E-state index in [4.69, 9.17) is 5.73 Å². The minimum absolute atomic E-state index is 0.492. The Morgan fingerprint density at radius 3 is 2.76 bits per heavy atom. The van der Waals surface area contributed by atoms with Crippen LogP contribution in [0, 0.1) is 6.92 Å². The van der Waals surface area contributed by atoms with E-state index in [-0.39, 0.29) is 0 Å². The zero-order valence-electron chi connectivity index (χ0n) is 9.35. The summed E-state index contributed by atoms with van der Waals surface area (Å²) in [6.07, 6.45) is 1.78. The van der Waals surface area contributed by atoms with Gasteiger partial charge in [-0.25, -0.2) is 9.97 Å². The van der Waals surface area contributed by atoms with E-state index in [2.05, 4.69) is 25.9 Å². The molecule has 0 radical (unpaired) electrons. The lowest BCUT2D eigenvalue weighted by atomic mass is 10.2. The van der Waals surface area contributed by atoms with E-state index in [9.17, 15) is 0 Å². The van der Waals surface area contributed by atoms with Crippen LogP contribution in [0.3, 0.4) is 0 Å². The highest BCUT2D eigenvalue weighted by molar-refractivity contribution is 9.10. The van der Waals surface area contributed by atoms with Crippen LogP contribution in [0.15, 0.2) is 45.0 Å². The van der Waals surface area contributed by atoms with Crippen LogP contribution in [0.2, 0.25) is 0 Å². The van der Waals surface area contributed by atoms with Crippen LogP contribution in [-0.4, -0.2) is 9.97 Å². The van der Waals surface area contributed by atoms with Crippen molar-refractivity contribution in [2.24, 2.45) is 5.73 Å². The number of hydrogen-bond donors (Lipinski definition) is 1. The van der Waals surface area contributed by atoms with Crippen molar-refractivity contribution in [2.45, 2.75) is 23.5 Å². The van der Waals surface area contributed by atoms with E-state index < -0.39 is 0 Å². The largest absolute Gasteiger partial charge is 0.326 e. The molecular formula is C12H12BrN3S. The van der Waals surface area contributed by atoms with E-state index in [0.29, 0.717) is 6.54 Å². The highest BCUT2D eigenvalue weighted by atomic mass is 79.9. The fraction of sp³-hybridized carbons (Fsp3) is 0.167. The SMILES string of the molecule is Cc1ccc(CN)c(Sc2ccc(Br)cn2)n1. The number of aromatic nitrogens is 2. The quantitative estimate of drug-likeness (QED) is 0.946. The number of halogens is 1. The van der Waals surface area contributed by atoms with Gasteiger partial charge in [0.05, 0.1) is 0 Å². The molecule has 2 aromatic heterocycles. The Balaban J connectivity index is 2.28. The fourth-order valence-electron chi connectivity index (χ4n) is 1.33. The predicted octanol–water partition coefficient (Wildman–Crippen LogP) is 3.16. The molecule has 0 aromatic carbocycles. The molecule has 0 amide bonds. The van der Waals surface area contributed by atoms with Gasteiger partial charge in [-0.15, -0.1) is 0 Å². The Kier molecular flexibility index (Phi) is 4.15. The van der Waals surface area contributed by atoms with Crippen molar-refractivity contribution in [3.63, 3.8) is 0 Å². The summed E-state index contributed by atoms with van der Waals surface area (Å²) < 4.78 is 0.970. The maximum absolute atomic E-state index is 5.70. The maximum atomic E-state index is 5.70. The second-order valence-electron chi connectivity index (χ2n) is 3.54. The van der Waals surface area contributed by atoms with Gasteiger partial charge in [0, 0.05) is 22.9 Å². The van der Waals surface area contributed by atoms with Gasteiger partial charge in [0.15, 0.2) is 0 Å². The fourth-order valence-corrected chi connectivity index (χ4v) is 2.47. The Morgan fingerprint density at radius 1 is 1.29 bits per heavy atom.